The quantitative estimate of drug-likeness (QED) is 0.221. The summed E-state index contributed by atoms with van der Waals surface area (Å²) in [4.78, 5) is 33.3. The van der Waals surface area contributed by atoms with Crippen molar-refractivity contribution in [3.8, 4) is 11.3 Å². The van der Waals surface area contributed by atoms with Crippen LogP contribution in [0.3, 0.4) is 0 Å². The largest absolute Gasteiger partial charge is 0.416 e. The maximum atomic E-state index is 13.4. The van der Waals surface area contributed by atoms with E-state index in [1.54, 1.807) is 12.1 Å². The minimum atomic E-state index is -5.01. The van der Waals surface area contributed by atoms with Gasteiger partial charge in [0.1, 0.15) is 0 Å². The summed E-state index contributed by atoms with van der Waals surface area (Å²) in [6.45, 7) is 4.60. The van der Waals surface area contributed by atoms with Crippen molar-refractivity contribution in [3.05, 3.63) is 95.1 Å². The fraction of sp³-hybridized carbons (Fsp3) is 0.303. The predicted molar refractivity (Wildman–Crippen MR) is 166 cm³/mol. The molecule has 48 heavy (non-hydrogen) atoms. The zero-order valence-corrected chi connectivity index (χ0v) is 26.5. The molecule has 1 saturated heterocycles. The highest BCUT2D eigenvalue weighted by molar-refractivity contribution is 7.90. The molecule has 3 amide bonds. The lowest BCUT2D eigenvalue weighted by Crippen LogP contribution is -2.44. The maximum Gasteiger partial charge on any atom is 0.416 e. The van der Waals surface area contributed by atoms with Gasteiger partial charge in [-0.2, -0.15) is 26.3 Å². The summed E-state index contributed by atoms with van der Waals surface area (Å²) in [6.07, 6.45) is -9.64. The summed E-state index contributed by atoms with van der Waals surface area (Å²) in [5, 5.41) is 0.426. The monoisotopic (exact) mass is 692 g/mol. The molecule has 5 rings (SSSR count). The number of aromatic nitrogens is 1. The van der Waals surface area contributed by atoms with Crippen molar-refractivity contribution in [1.29, 1.82) is 0 Å². The van der Waals surface area contributed by atoms with Crippen molar-refractivity contribution >= 4 is 32.9 Å². The third-order valence-electron chi connectivity index (χ3n) is 7.97. The first-order valence-corrected chi connectivity index (χ1v) is 16.3. The van der Waals surface area contributed by atoms with Crippen LogP contribution in [0.5, 0.6) is 0 Å². The summed E-state index contributed by atoms with van der Waals surface area (Å²) in [7, 11) is -4.12. The molecule has 0 spiro atoms. The number of hydrogen-bond donors (Lipinski definition) is 1. The molecular formula is C33H30F6N4O4S. The fourth-order valence-electron chi connectivity index (χ4n) is 5.30. The maximum absolute atomic E-state index is 13.4. The van der Waals surface area contributed by atoms with Gasteiger partial charge in [-0.15, -0.1) is 0 Å². The van der Waals surface area contributed by atoms with Gasteiger partial charge in [0.05, 0.1) is 27.2 Å². The van der Waals surface area contributed by atoms with Gasteiger partial charge in [-0.1, -0.05) is 32.0 Å². The van der Waals surface area contributed by atoms with E-state index in [2.05, 4.69) is 9.71 Å². The van der Waals surface area contributed by atoms with Crippen molar-refractivity contribution in [2.75, 3.05) is 26.2 Å². The molecule has 0 unspecified atom stereocenters. The second-order valence-electron chi connectivity index (χ2n) is 11.7. The first kappa shape index (κ1) is 34.7. The first-order chi connectivity index (χ1) is 22.4. The van der Waals surface area contributed by atoms with Gasteiger partial charge >= 0.3 is 18.4 Å². The third kappa shape index (κ3) is 7.72. The number of carbonyl (C=O) groups is 2. The Bertz CT molecular complexity index is 1930. The molecule has 1 fully saturated rings. The number of fused-ring (bicyclic) bond motifs is 1. The number of alkyl halides is 6. The van der Waals surface area contributed by atoms with Crippen molar-refractivity contribution in [1.82, 2.24) is 19.5 Å². The normalized spacial score (nSPS) is 14.7. The Kier molecular flexibility index (Phi) is 9.46. The van der Waals surface area contributed by atoms with Gasteiger partial charge in [0.25, 0.3) is 15.9 Å². The molecule has 0 bridgehead atoms. The van der Waals surface area contributed by atoms with E-state index in [0.29, 0.717) is 23.9 Å². The summed E-state index contributed by atoms with van der Waals surface area (Å²) in [5.41, 5.74) is -1.95. The summed E-state index contributed by atoms with van der Waals surface area (Å²) < 4.78 is 108. The molecule has 1 aliphatic heterocycles. The lowest BCUT2D eigenvalue weighted by Gasteiger charge is -2.22. The Morgan fingerprint density at radius 3 is 1.98 bits per heavy atom. The number of nitrogens with one attached hydrogen (secondary N) is 1. The van der Waals surface area contributed by atoms with Crippen molar-refractivity contribution in [2.45, 2.75) is 43.4 Å². The lowest BCUT2D eigenvalue weighted by atomic mass is 10.0. The Morgan fingerprint density at radius 2 is 1.38 bits per heavy atom. The van der Waals surface area contributed by atoms with E-state index in [9.17, 15) is 44.3 Å². The first-order valence-electron chi connectivity index (χ1n) is 14.8. The molecule has 0 aliphatic carbocycles. The van der Waals surface area contributed by atoms with E-state index in [0.717, 1.165) is 5.56 Å². The molecule has 1 aromatic heterocycles. The Hall–Kier alpha value is -4.66. The van der Waals surface area contributed by atoms with Crippen LogP contribution in [0.4, 0.5) is 31.1 Å². The SMILES string of the molecule is CC(C)c1ccc(S(=O)(=O)NC(=O)N2CCCN(C(=O)c3ccc4nc(-c5cc(C(F)(F)F)cc(C(F)(F)F)c5)ccc4c3)CC2)cc1. The molecule has 4 aromatic rings. The molecular weight excluding hydrogens is 662 g/mol. The highest BCUT2D eigenvalue weighted by Gasteiger charge is 2.37. The predicted octanol–water partition coefficient (Wildman–Crippen LogP) is 7.31. The molecule has 0 radical (unpaired) electrons. The number of carbonyl (C=O) groups excluding carboxylic acids is 2. The summed E-state index contributed by atoms with van der Waals surface area (Å²) >= 11 is 0. The van der Waals surface area contributed by atoms with E-state index in [1.807, 2.05) is 13.8 Å². The molecule has 3 aromatic carbocycles. The third-order valence-corrected chi connectivity index (χ3v) is 9.30. The van der Waals surface area contributed by atoms with E-state index in [4.69, 9.17) is 0 Å². The molecule has 2 heterocycles. The van der Waals surface area contributed by atoms with Crippen LogP contribution in [0.25, 0.3) is 22.2 Å². The van der Waals surface area contributed by atoms with E-state index < -0.39 is 39.5 Å². The second kappa shape index (κ2) is 13.1. The van der Waals surface area contributed by atoms with E-state index in [1.165, 1.54) is 52.3 Å². The fourth-order valence-corrected chi connectivity index (χ4v) is 6.27. The van der Waals surface area contributed by atoms with Crippen LogP contribution in [0.15, 0.2) is 77.7 Å². The number of halogens is 6. The van der Waals surface area contributed by atoms with Gasteiger partial charge in [-0.3, -0.25) is 4.79 Å². The Balaban J connectivity index is 1.28. The molecule has 1 aliphatic rings. The van der Waals surface area contributed by atoms with Gasteiger partial charge in [0.2, 0.25) is 0 Å². The minimum absolute atomic E-state index is 0.0471. The number of pyridine rings is 1. The van der Waals surface area contributed by atoms with Crippen LogP contribution >= 0.6 is 0 Å². The van der Waals surface area contributed by atoms with Gasteiger partial charge in [0, 0.05) is 42.7 Å². The molecule has 254 valence electrons. The molecule has 15 heteroatoms. The van der Waals surface area contributed by atoms with E-state index in [-0.39, 0.29) is 71.3 Å². The summed E-state index contributed by atoms with van der Waals surface area (Å²) in [5.74, 6) is -0.177. The molecule has 0 saturated carbocycles. The zero-order chi connectivity index (χ0) is 35.0. The van der Waals surface area contributed by atoms with Crippen LogP contribution in [0, 0.1) is 0 Å². The highest BCUT2D eigenvalue weighted by Crippen LogP contribution is 2.38. The van der Waals surface area contributed by atoms with Gasteiger partial charge in [0.15, 0.2) is 0 Å². The topological polar surface area (TPSA) is 99.7 Å². The standard InChI is InChI=1S/C33H30F6N4O4S/c1-20(2)21-4-8-27(9-5-21)48(46,47)41-31(45)43-13-3-12-42(14-15-43)30(44)23-7-11-28-22(16-23)6-10-29(40-28)24-17-25(32(34,35)36)19-26(18-24)33(37,38)39/h4-11,16-20H,3,12-15H2,1-2H3,(H,41,45). The molecule has 0 atom stereocenters. The Labute approximate surface area is 272 Å². The number of sulfonamides is 1. The van der Waals surface area contributed by atoms with Crippen LogP contribution in [-0.2, 0) is 22.4 Å². The number of amides is 3. The summed E-state index contributed by atoms with van der Waals surface area (Å²) in [6, 6.07) is 13.8. The van der Waals surface area contributed by atoms with Gasteiger partial charge < -0.3 is 9.80 Å². The smallest absolute Gasteiger partial charge is 0.337 e. The van der Waals surface area contributed by atoms with Crippen LogP contribution in [0.2, 0.25) is 0 Å². The number of rotatable bonds is 5. The van der Waals surface area contributed by atoms with Gasteiger partial charge in [-0.25, -0.2) is 22.9 Å². The lowest BCUT2D eigenvalue weighted by molar-refractivity contribution is -0.143. The molecule has 1 N–H and O–H groups in total. The highest BCUT2D eigenvalue weighted by atomic mass is 32.2. The number of hydrogen-bond acceptors (Lipinski definition) is 5. The van der Waals surface area contributed by atoms with Crippen molar-refractivity contribution < 1.29 is 44.3 Å². The zero-order valence-electron chi connectivity index (χ0n) is 25.7. The average molecular weight is 693 g/mol. The molecule has 8 nitrogen and oxygen atoms in total. The van der Waals surface area contributed by atoms with Crippen LogP contribution in [0.1, 0.15) is 53.2 Å². The number of benzene rings is 3. The number of nitrogens with zero attached hydrogens (tertiary/aromatic N) is 3. The second-order valence-corrected chi connectivity index (χ2v) is 13.3. The van der Waals surface area contributed by atoms with Crippen molar-refractivity contribution in [3.63, 3.8) is 0 Å². The van der Waals surface area contributed by atoms with Crippen molar-refractivity contribution in [2.24, 2.45) is 0 Å². The Morgan fingerprint density at radius 1 is 0.771 bits per heavy atom. The van der Waals surface area contributed by atoms with Crippen LogP contribution in [-0.4, -0.2) is 61.3 Å². The van der Waals surface area contributed by atoms with Crippen LogP contribution < -0.4 is 4.72 Å². The minimum Gasteiger partial charge on any atom is -0.337 e. The van der Waals surface area contributed by atoms with Gasteiger partial charge in [-0.05, 0) is 72.5 Å². The van der Waals surface area contributed by atoms with E-state index >= 15 is 0 Å². The number of urea groups is 1. The average Bonchev–Trinajstić information content (AvgIpc) is 3.29.